The highest BCUT2D eigenvalue weighted by Gasteiger charge is 2.03. The molecule has 0 rings (SSSR count). The molecule has 0 saturated carbocycles. The molecule has 94 valence electrons. The van der Waals surface area contributed by atoms with Crippen LogP contribution in [0.1, 0.15) is 13.3 Å². The van der Waals surface area contributed by atoms with Gasteiger partial charge in [-0.05, 0) is 13.0 Å². The van der Waals surface area contributed by atoms with Gasteiger partial charge in [-0.25, -0.2) is 0 Å². The fourth-order valence-corrected chi connectivity index (χ4v) is 1.12. The van der Waals surface area contributed by atoms with Crippen LogP contribution in [0, 0.1) is 11.3 Å². The summed E-state index contributed by atoms with van der Waals surface area (Å²) < 4.78 is 15.4. The number of hydrogen-bond donors (Lipinski definition) is 1. The highest BCUT2D eigenvalue weighted by Crippen LogP contribution is 1.91. The summed E-state index contributed by atoms with van der Waals surface area (Å²) in [5, 5.41) is 11.8. The lowest BCUT2D eigenvalue weighted by molar-refractivity contribution is 0.0236. The molecular formula is C11H22N2O3. The molecule has 16 heavy (non-hydrogen) atoms. The fourth-order valence-electron chi connectivity index (χ4n) is 1.12. The normalized spacial score (nSPS) is 12.3. The maximum Gasteiger partial charge on any atom is 0.0974 e. The Balaban J connectivity index is 3.16. The Kier molecular flexibility index (Phi) is 11.9. The minimum atomic E-state index is -0.112. The largest absolute Gasteiger partial charge is 0.382 e. The zero-order chi connectivity index (χ0) is 12.1. The zero-order valence-electron chi connectivity index (χ0n) is 10.2. The van der Waals surface area contributed by atoms with Gasteiger partial charge in [0.05, 0.1) is 38.5 Å². The van der Waals surface area contributed by atoms with Crippen molar-refractivity contribution in [1.82, 2.24) is 5.32 Å². The Hall–Kier alpha value is -0.670. The summed E-state index contributed by atoms with van der Waals surface area (Å²) in [7, 11) is 1.64. The fraction of sp³-hybridized carbons (Fsp3) is 0.909. The van der Waals surface area contributed by atoms with Crippen LogP contribution in [-0.2, 0) is 14.2 Å². The SMILES string of the molecule is CCNC(C#N)CCOCCOCCOC. The first-order chi connectivity index (χ1) is 7.85. The molecule has 0 radical (unpaired) electrons. The molecule has 5 nitrogen and oxygen atoms in total. The van der Waals surface area contributed by atoms with E-state index in [4.69, 9.17) is 19.5 Å². The monoisotopic (exact) mass is 230 g/mol. The van der Waals surface area contributed by atoms with Crippen LogP contribution in [0.4, 0.5) is 0 Å². The highest BCUT2D eigenvalue weighted by molar-refractivity contribution is 4.88. The smallest absolute Gasteiger partial charge is 0.0974 e. The molecule has 0 aromatic carbocycles. The molecule has 0 aromatic heterocycles. The van der Waals surface area contributed by atoms with E-state index < -0.39 is 0 Å². The van der Waals surface area contributed by atoms with Crippen LogP contribution in [0.25, 0.3) is 0 Å². The Bertz CT molecular complexity index is 183. The van der Waals surface area contributed by atoms with E-state index in [1.54, 1.807) is 7.11 Å². The third-order valence-electron chi connectivity index (χ3n) is 1.96. The van der Waals surface area contributed by atoms with Gasteiger partial charge in [-0.3, -0.25) is 0 Å². The van der Waals surface area contributed by atoms with Gasteiger partial charge in [-0.15, -0.1) is 0 Å². The highest BCUT2D eigenvalue weighted by atomic mass is 16.5. The lowest BCUT2D eigenvalue weighted by Gasteiger charge is -2.10. The number of nitrogens with zero attached hydrogens (tertiary/aromatic N) is 1. The van der Waals surface area contributed by atoms with Crippen molar-refractivity contribution in [3.63, 3.8) is 0 Å². The van der Waals surface area contributed by atoms with E-state index in [1.165, 1.54) is 0 Å². The second-order valence-corrected chi connectivity index (χ2v) is 3.25. The number of nitriles is 1. The second-order valence-electron chi connectivity index (χ2n) is 3.25. The number of nitrogens with one attached hydrogen (secondary N) is 1. The Labute approximate surface area is 97.7 Å². The first kappa shape index (κ1) is 15.3. The van der Waals surface area contributed by atoms with Crippen molar-refractivity contribution in [2.75, 3.05) is 46.7 Å². The van der Waals surface area contributed by atoms with Crippen molar-refractivity contribution in [2.24, 2.45) is 0 Å². The molecular weight excluding hydrogens is 208 g/mol. The van der Waals surface area contributed by atoms with Gasteiger partial charge >= 0.3 is 0 Å². The summed E-state index contributed by atoms with van der Waals surface area (Å²) in [6, 6.07) is 2.07. The first-order valence-electron chi connectivity index (χ1n) is 5.62. The molecule has 0 aliphatic heterocycles. The van der Waals surface area contributed by atoms with Crippen LogP contribution < -0.4 is 5.32 Å². The Morgan fingerprint density at radius 1 is 1.12 bits per heavy atom. The Morgan fingerprint density at radius 2 is 1.75 bits per heavy atom. The van der Waals surface area contributed by atoms with Gasteiger partial charge in [0, 0.05) is 13.7 Å². The Morgan fingerprint density at radius 3 is 2.31 bits per heavy atom. The average molecular weight is 230 g/mol. The minimum absolute atomic E-state index is 0.112. The summed E-state index contributed by atoms with van der Waals surface area (Å²) in [5.74, 6) is 0. The van der Waals surface area contributed by atoms with Crippen LogP contribution >= 0.6 is 0 Å². The number of rotatable bonds is 11. The number of hydrogen-bond acceptors (Lipinski definition) is 5. The van der Waals surface area contributed by atoms with Crippen molar-refractivity contribution in [3.8, 4) is 6.07 Å². The van der Waals surface area contributed by atoms with Crippen molar-refractivity contribution in [2.45, 2.75) is 19.4 Å². The van der Waals surface area contributed by atoms with E-state index in [9.17, 15) is 0 Å². The third-order valence-corrected chi connectivity index (χ3v) is 1.96. The summed E-state index contributed by atoms with van der Waals surface area (Å²) in [4.78, 5) is 0. The van der Waals surface area contributed by atoms with Crippen LogP contribution in [0.2, 0.25) is 0 Å². The molecule has 0 amide bonds. The molecule has 1 atom stereocenters. The summed E-state index contributed by atoms with van der Waals surface area (Å²) in [6.07, 6.45) is 0.711. The van der Waals surface area contributed by atoms with E-state index in [-0.39, 0.29) is 6.04 Å². The molecule has 1 unspecified atom stereocenters. The lowest BCUT2D eigenvalue weighted by atomic mass is 10.2. The predicted molar refractivity (Wildman–Crippen MR) is 61.2 cm³/mol. The average Bonchev–Trinajstić information content (AvgIpc) is 2.31. The molecule has 0 aliphatic rings. The van der Waals surface area contributed by atoms with Crippen LogP contribution in [-0.4, -0.2) is 52.7 Å². The topological polar surface area (TPSA) is 63.5 Å². The predicted octanol–water partition coefficient (Wildman–Crippen LogP) is 0.558. The van der Waals surface area contributed by atoms with Gasteiger partial charge in [0.2, 0.25) is 0 Å². The molecule has 1 N–H and O–H groups in total. The zero-order valence-corrected chi connectivity index (χ0v) is 10.2. The van der Waals surface area contributed by atoms with Crippen molar-refractivity contribution < 1.29 is 14.2 Å². The van der Waals surface area contributed by atoms with Gasteiger partial charge in [0.1, 0.15) is 0 Å². The maximum absolute atomic E-state index is 8.75. The molecule has 0 heterocycles. The van der Waals surface area contributed by atoms with Crippen molar-refractivity contribution in [1.29, 1.82) is 5.26 Å². The van der Waals surface area contributed by atoms with E-state index in [2.05, 4.69) is 11.4 Å². The molecule has 5 heteroatoms. The minimum Gasteiger partial charge on any atom is -0.382 e. The second kappa shape index (κ2) is 12.4. The number of ether oxygens (including phenoxy) is 3. The third kappa shape index (κ3) is 9.87. The van der Waals surface area contributed by atoms with Gasteiger partial charge in [-0.2, -0.15) is 5.26 Å². The van der Waals surface area contributed by atoms with E-state index in [0.717, 1.165) is 6.54 Å². The van der Waals surface area contributed by atoms with E-state index in [0.29, 0.717) is 39.5 Å². The van der Waals surface area contributed by atoms with Gasteiger partial charge < -0.3 is 19.5 Å². The van der Waals surface area contributed by atoms with Gasteiger partial charge in [-0.1, -0.05) is 6.92 Å². The van der Waals surface area contributed by atoms with Crippen molar-refractivity contribution in [3.05, 3.63) is 0 Å². The number of methoxy groups -OCH3 is 1. The lowest BCUT2D eigenvalue weighted by Crippen LogP contribution is -2.28. The molecule has 0 aromatic rings. The molecule has 0 fully saturated rings. The van der Waals surface area contributed by atoms with Crippen LogP contribution in [0.3, 0.4) is 0 Å². The van der Waals surface area contributed by atoms with Gasteiger partial charge in [0.15, 0.2) is 0 Å². The molecule has 0 bridgehead atoms. The van der Waals surface area contributed by atoms with E-state index >= 15 is 0 Å². The summed E-state index contributed by atoms with van der Waals surface area (Å²) in [5.41, 5.74) is 0. The molecule has 0 spiro atoms. The van der Waals surface area contributed by atoms with Gasteiger partial charge in [0.25, 0.3) is 0 Å². The quantitative estimate of drug-likeness (QED) is 0.525. The molecule has 0 aliphatic carbocycles. The first-order valence-corrected chi connectivity index (χ1v) is 5.62. The van der Waals surface area contributed by atoms with Crippen molar-refractivity contribution >= 4 is 0 Å². The standard InChI is InChI=1S/C11H22N2O3/c1-3-13-11(10-12)4-5-15-8-9-16-7-6-14-2/h11,13H,3-9H2,1-2H3. The maximum atomic E-state index is 8.75. The summed E-state index contributed by atoms with van der Waals surface area (Å²) >= 11 is 0. The van der Waals surface area contributed by atoms with E-state index in [1.807, 2.05) is 6.92 Å². The van der Waals surface area contributed by atoms with Crippen LogP contribution in [0.15, 0.2) is 0 Å². The molecule has 0 saturated heterocycles. The summed E-state index contributed by atoms with van der Waals surface area (Å²) in [6.45, 7) is 5.71. The van der Waals surface area contributed by atoms with Crippen LogP contribution in [0.5, 0.6) is 0 Å².